The summed E-state index contributed by atoms with van der Waals surface area (Å²) in [7, 11) is 0. The molecule has 29 heavy (non-hydrogen) atoms. The van der Waals surface area contributed by atoms with Crippen LogP contribution in [-0.4, -0.2) is 25.8 Å². The number of halogens is 2. The third-order valence-corrected chi connectivity index (χ3v) is 4.21. The SMILES string of the molecule is O=C(NCc1nc(-c2cccc(F)c2)c(-c2ccccn2)[nH]1)c1ccncc1F. The van der Waals surface area contributed by atoms with Crippen molar-refractivity contribution >= 4 is 5.91 Å². The van der Waals surface area contributed by atoms with Gasteiger partial charge in [0.1, 0.15) is 11.6 Å². The van der Waals surface area contributed by atoms with Crippen LogP contribution in [0.15, 0.2) is 67.1 Å². The number of nitrogens with zero attached hydrogens (tertiary/aromatic N) is 3. The van der Waals surface area contributed by atoms with Crippen molar-refractivity contribution < 1.29 is 13.6 Å². The molecule has 8 heteroatoms. The van der Waals surface area contributed by atoms with E-state index in [4.69, 9.17) is 0 Å². The topological polar surface area (TPSA) is 83.6 Å². The molecule has 0 atom stereocenters. The highest BCUT2D eigenvalue weighted by molar-refractivity contribution is 5.94. The Hall–Kier alpha value is -3.94. The Kier molecular flexibility index (Phi) is 5.07. The maximum absolute atomic E-state index is 13.7. The maximum Gasteiger partial charge on any atom is 0.254 e. The van der Waals surface area contributed by atoms with Crippen molar-refractivity contribution in [1.82, 2.24) is 25.3 Å². The number of imidazole rings is 1. The van der Waals surface area contributed by atoms with E-state index in [1.165, 1.54) is 24.4 Å². The van der Waals surface area contributed by atoms with Gasteiger partial charge < -0.3 is 10.3 Å². The van der Waals surface area contributed by atoms with E-state index in [2.05, 4.69) is 25.3 Å². The van der Waals surface area contributed by atoms with Crippen LogP contribution < -0.4 is 5.32 Å². The number of benzene rings is 1. The lowest BCUT2D eigenvalue weighted by Crippen LogP contribution is -2.24. The van der Waals surface area contributed by atoms with E-state index >= 15 is 0 Å². The maximum atomic E-state index is 13.7. The van der Waals surface area contributed by atoms with E-state index < -0.39 is 11.7 Å². The van der Waals surface area contributed by atoms with Crippen LogP contribution in [0.25, 0.3) is 22.6 Å². The molecule has 0 aliphatic rings. The minimum Gasteiger partial charge on any atom is -0.345 e. The molecule has 0 fully saturated rings. The smallest absolute Gasteiger partial charge is 0.254 e. The number of nitrogens with one attached hydrogen (secondary N) is 2. The molecule has 1 aromatic carbocycles. The highest BCUT2D eigenvalue weighted by Gasteiger charge is 2.17. The Morgan fingerprint density at radius 1 is 1.07 bits per heavy atom. The number of aromatic amines is 1. The Morgan fingerprint density at radius 3 is 2.72 bits per heavy atom. The van der Waals surface area contributed by atoms with E-state index in [0.717, 1.165) is 6.20 Å². The second-order valence-corrected chi connectivity index (χ2v) is 6.17. The van der Waals surface area contributed by atoms with E-state index in [1.54, 1.807) is 30.5 Å². The predicted octanol–water partition coefficient (Wildman–Crippen LogP) is 3.74. The summed E-state index contributed by atoms with van der Waals surface area (Å²) in [5.41, 5.74) is 2.18. The lowest BCUT2D eigenvalue weighted by molar-refractivity contribution is 0.0945. The molecule has 4 rings (SSSR count). The van der Waals surface area contributed by atoms with Gasteiger partial charge in [-0.1, -0.05) is 18.2 Å². The average molecular weight is 391 g/mol. The van der Waals surface area contributed by atoms with Crippen molar-refractivity contribution in [2.45, 2.75) is 6.54 Å². The molecule has 1 amide bonds. The van der Waals surface area contributed by atoms with Gasteiger partial charge in [-0.15, -0.1) is 0 Å². The number of amides is 1. The van der Waals surface area contributed by atoms with Gasteiger partial charge in [0, 0.05) is 18.0 Å². The van der Waals surface area contributed by atoms with Gasteiger partial charge in [0.05, 0.1) is 35.4 Å². The highest BCUT2D eigenvalue weighted by Crippen LogP contribution is 2.29. The van der Waals surface area contributed by atoms with Gasteiger partial charge in [-0.2, -0.15) is 0 Å². The Morgan fingerprint density at radius 2 is 1.97 bits per heavy atom. The van der Waals surface area contributed by atoms with Gasteiger partial charge in [0.15, 0.2) is 5.82 Å². The van der Waals surface area contributed by atoms with Gasteiger partial charge in [-0.05, 0) is 30.3 Å². The Labute approximate surface area is 164 Å². The summed E-state index contributed by atoms with van der Waals surface area (Å²) >= 11 is 0. The summed E-state index contributed by atoms with van der Waals surface area (Å²) in [5, 5.41) is 2.62. The summed E-state index contributed by atoms with van der Waals surface area (Å²) < 4.78 is 27.4. The molecule has 0 radical (unpaired) electrons. The first-order chi connectivity index (χ1) is 14.1. The zero-order chi connectivity index (χ0) is 20.2. The molecule has 144 valence electrons. The van der Waals surface area contributed by atoms with Crippen molar-refractivity contribution in [3.63, 3.8) is 0 Å². The molecule has 2 N–H and O–H groups in total. The zero-order valence-electron chi connectivity index (χ0n) is 15.1. The van der Waals surface area contributed by atoms with Gasteiger partial charge in [0.25, 0.3) is 5.91 Å². The molecular weight excluding hydrogens is 376 g/mol. The largest absolute Gasteiger partial charge is 0.345 e. The van der Waals surface area contributed by atoms with E-state index in [-0.39, 0.29) is 17.9 Å². The number of carbonyl (C=O) groups excluding carboxylic acids is 1. The first kappa shape index (κ1) is 18.4. The van der Waals surface area contributed by atoms with Gasteiger partial charge in [0.2, 0.25) is 0 Å². The van der Waals surface area contributed by atoms with Crippen molar-refractivity contribution in [2.75, 3.05) is 0 Å². The van der Waals surface area contributed by atoms with Crippen LogP contribution in [-0.2, 0) is 6.54 Å². The molecule has 4 aromatic rings. The van der Waals surface area contributed by atoms with E-state index in [1.807, 2.05) is 6.07 Å². The summed E-state index contributed by atoms with van der Waals surface area (Å²) in [6, 6.07) is 12.8. The lowest BCUT2D eigenvalue weighted by atomic mass is 10.1. The second-order valence-electron chi connectivity index (χ2n) is 6.17. The monoisotopic (exact) mass is 391 g/mol. The molecule has 0 saturated heterocycles. The fourth-order valence-electron chi connectivity index (χ4n) is 2.87. The molecule has 0 bridgehead atoms. The number of aromatic nitrogens is 4. The van der Waals surface area contributed by atoms with Crippen LogP contribution in [0.3, 0.4) is 0 Å². The minimum atomic E-state index is -0.709. The number of rotatable bonds is 5. The van der Waals surface area contributed by atoms with Gasteiger partial charge >= 0.3 is 0 Å². The van der Waals surface area contributed by atoms with Gasteiger partial charge in [-0.25, -0.2) is 13.8 Å². The standard InChI is InChI=1S/C21H15F2N5O/c22-14-5-3-4-13(10-14)19-20(17-6-1-2-8-25-17)28-18(27-19)12-26-21(29)15-7-9-24-11-16(15)23/h1-11H,12H2,(H,26,29)(H,27,28). The first-order valence-corrected chi connectivity index (χ1v) is 8.76. The molecule has 3 aromatic heterocycles. The summed E-state index contributed by atoms with van der Waals surface area (Å²) in [5.74, 6) is -1.26. The molecule has 0 unspecified atom stereocenters. The normalized spacial score (nSPS) is 10.7. The lowest BCUT2D eigenvalue weighted by Gasteiger charge is -2.03. The average Bonchev–Trinajstić information content (AvgIpc) is 3.17. The number of hydrogen-bond donors (Lipinski definition) is 2. The second kappa shape index (κ2) is 7.97. The third-order valence-electron chi connectivity index (χ3n) is 4.21. The summed E-state index contributed by atoms with van der Waals surface area (Å²) in [4.78, 5) is 27.8. The van der Waals surface area contributed by atoms with E-state index in [9.17, 15) is 13.6 Å². The number of pyridine rings is 2. The van der Waals surface area contributed by atoms with Crippen molar-refractivity contribution in [3.05, 3.63) is 90.1 Å². The fourth-order valence-corrected chi connectivity index (χ4v) is 2.87. The third kappa shape index (κ3) is 4.01. The number of H-pyrrole nitrogens is 1. The molecule has 0 saturated carbocycles. The molecule has 0 aliphatic heterocycles. The first-order valence-electron chi connectivity index (χ1n) is 8.76. The van der Waals surface area contributed by atoms with Crippen LogP contribution in [0, 0.1) is 11.6 Å². The van der Waals surface area contributed by atoms with Crippen molar-refractivity contribution in [3.8, 4) is 22.6 Å². The number of carbonyl (C=O) groups is 1. The van der Waals surface area contributed by atoms with Gasteiger partial charge in [-0.3, -0.25) is 14.8 Å². The van der Waals surface area contributed by atoms with Crippen molar-refractivity contribution in [2.24, 2.45) is 0 Å². The van der Waals surface area contributed by atoms with Crippen LogP contribution >= 0.6 is 0 Å². The summed E-state index contributed by atoms with van der Waals surface area (Å²) in [6.07, 6.45) is 3.95. The fraction of sp³-hybridized carbons (Fsp3) is 0.0476. The Balaban J connectivity index is 1.65. The predicted molar refractivity (Wildman–Crippen MR) is 103 cm³/mol. The molecular formula is C21H15F2N5O. The van der Waals surface area contributed by atoms with Crippen LogP contribution in [0.2, 0.25) is 0 Å². The van der Waals surface area contributed by atoms with Crippen LogP contribution in [0.4, 0.5) is 8.78 Å². The van der Waals surface area contributed by atoms with Crippen molar-refractivity contribution in [1.29, 1.82) is 0 Å². The zero-order valence-corrected chi connectivity index (χ0v) is 15.1. The van der Waals surface area contributed by atoms with E-state index in [0.29, 0.717) is 28.5 Å². The molecule has 0 aliphatic carbocycles. The Bertz CT molecular complexity index is 1160. The minimum absolute atomic E-state index is 0.0236. The van der Waals surface area contributed by atoms with Crippen LogP contribution in [0.5, 0.6) is 0 Å². The molecule has 3 heterocycles. The molecule has 6 nitrogen and oxygen atoms in total. The summed E-state index contributed by atoms with van der Waals surface area (Å²) in [6.45, 7) is 0.0236. The molecule has 0 spiro atoms. The van der Waals surface area contributed by atoms with Crippen LogP contribution in [0.1, 0.15) is 16.2 Å². The number of hydrogen-bond acceptors (Lipinski definition) is 4. The highest BCUT2D eigenvalue weighted by atomic mass is 19.1. The quantitative estimate of drug-likeness (QED) is 0.543.